The minimum atomic E-state index is -0.779. The summed E-state index contributed by atoms with van der Waals surface area (Å²) in [6, 6.07) is 9.63. The van der Waals surface area contributed by atoms with Crippen molar-refractivity contribution in [2.24, 2.45) is 0 Å². The van der Waals surface area contributed by atoms with Crippen molar-refractivity contribution in [3.63, 3.8) is 0 Å². The van der Waals surface area contributed by atoms with Gasteiger partial charge in [-0.3, -0.25) is 4.31 Å². The topological polar surface area (TPSA) is 25.4 Å². The maximum Gasteiger partial charge on any atom is 0.150 e. The van der Waals surface area contributed by atoms with Crippen LogP contribution >= 0.6 is 34.9 Å². The van der Waals surface area contributed by atoms with Crippen molar-refractivity contribution in [1.82, 2.24) is 4.98 Å². The van der Waals surface area contributed by atoms with E-state index in [9.17, 15) is 8.78 Å². The van der Waals surface area contributed by atoms with Crippen molar-refractivity contribution in [2.75, 3.05) is 11.4 Å². The number of methoxy groups -OCH3 is 1. The van der Waals surface area contributed by atoms with Crippen LogP contribution in [0.4, 0.5) is 14.6 Å². The summed E-state index contributed by atoms with van der Waals surface area (Å²) in [5.74, 6) is -0.000576. The minimum Gasteiger partial charge on any atom is -0.497 e. The van der Waals surface area contributed by atoms with Gasteiger partial charge in [0.2, 0.25) is 0 Å². The summed E-state index contributed by atoms with van der Waals surface area (Å²) in [5, 5.41) is 1.74. The number of halogens is 3. The molecule has 0 N–H and O–H groups in total. The molecule has 25 heavy (non-hydrogen) atoms. The van der Waals surface area contributed by atoms with Gasteiger partial charge in [0, 0.05) is 11.4 Å². The fraction of sp³-hybridized carbons (Fsp3) is 0.118. The molecular weight excluding hydrogens is 386 g/mol. The zero-order valence-electron chi connectivity index (χ0n) is 13.1. The van der Waals surface area contributed by atoms with E-state index < -0.39 is 11.6 Å². The van der Waals surface area contributed by atoms with Gasteiger partial charge in [0.25, 0.3) is 0 Å². The van der Waals surface area contributed by atoms with Crippen molar-refractivity contribution in [3.05, 3.63) is 69.5 Å². The van der Waals surface area contributed by atoms with Gasteiger partial charge in [-0.1, -0.05) is 23.7 Å². The molecule has 1 heterocycles. The van der Waals surface area contributed by atoms with Crippen LogP contribution in [0.1, 0.15) is 5.56 Å². The van der Waals surface area contributed by atoms with Gasteiger partial charge in [-0.15, -0.1) is 11.3 Å². The van der Waals surface area contributed by atoms with Gasteiger partial charge < -0.3 is 4.74 Å². The molecule has 0 radical (unpaired) electrons. The quantitative estimate of drug-likeness (QED) is 0.387. The van der Waals surface area contributed by atoms with Gasteiger partial charge in [0.1, 0.15) is 23.2 Å². The first-order valence-corrected chi connectivity index (χ1v) is 9.27. The Labute approximate surface area is 157 Å². The van der Waals surface area contributed by atoms with Crippen LogP contribution < -0.4 is 9.04 Å². The van der Waals surface area contributed by atoms with E-state index >= 15 is 0 Å². The summed E-state index contributed by atoms with van der Waals surface area (Å²) in [5.41, 5.74) is 2.69. The number of anilines is 1. The van der Waals surface area contributed by atoms with Crippen LogP contribution in [-0.4, -0.2) is 12.1 Å². The highest BCUT2D eigenvalue weighted by Gasteiger charge is 2.16. The molecule has 0 saturated carbocycles. The van der Waals surface area contributed by atoms with E-state index in [1.807, 2.05) is 34.0 Å². The third-order valence-electron chi connectivity index (χ3n) is 3.34. The van der Waals surface area contributed by atoms with E-state index in [0.29, 0.717) is 12.4 Å². The van der Waals surface area contributed by atoms with Crippen LogP contribution in [0.2, 0.25) is 5.02 Å². The molecule has 0 bridgehead atoms. The molecule has 3 nitrogen and oxygen atoms in total. The molecule has 0 aliphatic heterocycles. The summed E-state index contributed by atoms with van der Waals surface area (Å²) >= 11 is 8.35. The zero-order valence-corrected chi connectivity index (χ0v) is 15.5. The number of rotatable bonds is 6. The van der Waals surface area contributed by atoms with Gasteiger partial charge in [-0.05, 0) is 35.7 Å². The fourth-order valence-corrected chi connectivity index (χ4v) is 3.87. The Bertz CT molecular complexity index is 845. The first kappa shape index (κ1) is 18.0. The maximum absolute atomic E-state index is 14.1. The van der Waals surface area contributed by atoms with Crippen LogP contribution in [0.15, 0.2) is 52.2 Å². The van der Waals surface area contributed by atoms with E-state index in [1.165, 1.54) is 17.4 Å². The van der Waals surface area contributed by atoms with E-state index in [0.717, 1.165) is 29.3 Å². The van der Waals surface area contributed by atoms with Gasteiger partial charge in [-0.25, -0.2) is 13.8 Å². The number of hydrogen-bond acceptors (Lipinski definition) is 5. The molecule has 0 amide bonds. The predicted octanol–water partition coefficient (Wildman–Crippen LogP) is 5.80. The molecule has 0 saturated heterocycles. The molecule has 0 aliphatic carbocycles. The second-order valence-corrected chi connectivity index (χ2v) is 7.21. The van der Waals surface area contributed by atoms with E-state index in [1.54, 1.807) is 12.6 Å². The molecule has 3 rings (SSSR count). The van der Waals surface area contributed by atoms with Crippen molar-refractivity contribution in [3.8, 4) is 5.75 Å². The molecule has 1 aromatic heterocycles. The summed E-state index contributed by atoms with van der Waals surface area (Å²) in [4.78, 5) is 4.51. The van der Waals surface area contributed by atoms with Crippen LogP contribution in [0.25, 0.3) is 0 Å². The molecule has 0 atom stereocenters. The third kappa shape index (κ3) is 4.42. The molecule has 8 heteroatoms. The Morgan fingerprint density at radius 3 is 2.60 bits per heavy atom. The van der Waals surface area contributed by atoms with Gasteiger partial charge in [0.05, 0.1) is 29.1 Å². The lowest BCUT2D eigenvalue weighted by Crippen LogP contribution is -2.14. The molecule has 0 aliphatic rings. The fourth-order valence-electron chi connectivity index (χ4n) is 2.08. The Hall–Kier alpha value is -1.83. The average Bonchev–Trinajstić information content (AvgIpc) is 3.14. The Morgan fingerprint density at radius 2 is 1.96 bits per heavy atom. The number of hydrogen-bond donors (Lipinski definition) is 0. The highest BCUT2D eigenvalue weighted by atomic mass is 35.5. The van der Waals surface area contributed by atoms with Crippen molar-refractivity contribution in [2.45, 2.75) is 11.4 Å². The predicted molar refractivity (Wildman–Crippen MR) is 98.5 cm³/mol. The lowest BCUT2D eigenvalue weighted by atomic mass is 10.2. The van der Waals surface area contributed by atoms with Gasteiger partial charge in [0.15, 0.2) is 0 Å². The van der Waals surface area contributed by atoms with Crippen LogP contribution in [0.5, 0.6) is 5.75 Å². The molecular formula is C17H13ClF2N2OS2. The molecule has 3 aromatic rings. The summed E-state index contributed by atoms with van der Waals surface area (Å²) < 4.78 is 34.4. The summed E-state index contributed by atoms with van der Waals surface area (Å²) in [6.07, 6.45) is 0. The van der Waals surface area contributed by atoms with Crippen molar-refractivity contribution < 1.29 is 13.5 Å². The van der Waals surface area contributed by atoms with Gasteiger partial charge >= 0.3 is 0 Å². The lowest BCUT2D eigenvalue weighted by Gasteiger charge is -2.21. The number of thiazole rings is 1. The zero-order chi connectivity index (χ0) is 17.8. The average molecular weight is 399 g/mol. The molecule has 2 aromatic carbocycles. The lowest BCUT2D eigenvalue weighted by molar-refractivity contribution is 0.414. The van der Waals surface area contributed by atoms with Gasteiger partial charge in [-0.2, -0.15) is 0 Å². The van der Waals surface area contributed by atoms with Crippen LogP contribution in [0, 0.1) is 11.6 Å². The second-order valence-electron chi connectivity index (χ2n) is 5.02. The molecule has 0 spiro atoms. The summed E-state index contributed by atoms with van der Waals surface area (Å²) in [7, 11) is 1.60. The van der Waals surface area contributed by atoms with E-state index in [-0.39, 0.29) is 9.92 Å². The highest BCUT2D eigenvalue weighted by molar-refractivity contribution is 8.00. The molecule has 130 valence electrons. The smallest absolute Gasteiger partial charge is 0.150 e. The largest absolute Gasteiger partial charge is 0.497 e. The van der Waals surface area contributed by atoms with Crippen LogP contribution in [-0.2, 0) is 6.54 Å². The Morgan fingerprint density at radius 1 is 1.20 bits per heavy atom. The number of ether oxygens (including phenoxy) is 1. The normalized spacial score (nSPS) is 10.7. The highest BCUT2D eigenvalue weighted by Crippen LogP contribution is 2.34. The number of benzene rings is 2. The number of nitrogens with zero attached hydrogens (tertiary/aromatic N) is 2. The minimum absolute atomic E-state index is 0.119. The molecule has 0 unspecified atom stereocenters. The first-order chi connectivity index (χ1) is 12.1. The van der Waals surface area contributed by atoms with Crippen LogP contribution in [0.3, 0.4) is 0 Å². The standard InChI is InChI=1S/C17H13ClF2N2OS2/c1-23-12-4-2-11(3-5-12)8-22(17-9-24-10-21-17)25-16-6-13(18)14(19)7-15(16)20/h2-7,9-10H,8H2,1H3. The maximum atomic E-state index is 14.1. The van der Waals surface area contributed by atoms with E-state index in [2.05, 4.69) is 4.98 Å². The number of aromatic nitrogens is 1. The van der Waals surface area contributed by atoms with E-state index in [4.69, 9.17) is 16.3 Å². The first-order valence-electron chi connectivity index (χ1n) is 7.18. The Kier molecular flexibility index (Phi) is 5.78. The SMILES string of the molecule is COc1ccc(CN(Sc2cc(Cl)c(F)cc2F)c2cscn2)cc1. The monoisotopic (exact) mass is 398 g/mol. The Balaban J connectivity index is 1.86. The third-order valence-corrected chi connectivity index (χ3v) is 5.25. The molecule has 0 fully saturated rings. The van der Waals surface area contributed by atoms with Crippen molar-refractivity contribution in [1.29, 1.82) is 0 Å². The van der Waals surface area contributed by atoms with Crippen molar-refractivity contribution >= 4 is 40.7 Å². The second kappa shape index (κ2) is 8.03. The summed E-state index contributed by atoms with van der Waals surface area (Å²) in [6.45, 7) is 0.479.